The predicted molar refractivity (Wildman–Crippen MR) is 185 cm³/mol. The average Bonchev–Trinajstić information content (AvgIpc) is 3.07. The fraction of sp³-hybridized carbons (Fsp3) is 0.784. The SMILES string of the molecule is CCCCCCCCCCCCCCCC(=O)OCCOCCOCCOCCOCCOC(=O)c1ccc(NCCCC)cc1. The van der Waals surface area contributed by atoms with Crippen LogP contribution in [0.5, 0.6) is 0 Å². The molecule has 46 heavy (non-hydrogen) atoms. The van der Waals surface area contributed by atoms with Crippen molar-refractivity contribution in [3.05, 3.63) is 29.8 Å². The molecule has 0 atom stereocenters. The molecule has 1 aromatic rings. The van der Waals surface area contributed by atoms with Crippen molar-refractivity contribution >= 4 is 17.6 Å². The molecule has 0 aliphatic carbocycles. The van der Waals surface area contributed by atoms with E-state index >= 15 is 0 Å². The molecule has 1 N–H and O–H groups in total. The van der Waals surface area contributed by atoms with Gasteiger partial charge in [0.05, 0.1) is 58.4 Å². The average molecular weight is 652 g/mol. The lowest BCUT2D eigenvalue weighted by atomic mass is 10.0. The Hall–Kier alpha value is -2.20. The van der Waals surface area contributed by atoms with Crippen molar-refractivity contribution in [2.75, 3.05) is 77.9 Å². The zero-order valence-electron chi connectivity index (χ0n) is 29.2. The Morgan fingerprint density at radius 1 is 0.500 bits per heavy atom. The zero-order valence-corrected chi connectivity index (χ0v) is 29.2. The first-order chi connectivity index (χ1) is 22.7. The Morgan fingerprint density at radius 3 is 1.39 bits per heavy atom. The summed E-state index contributed by atoms with van der Waals surface area (Å²) in [5, 5.41) is 3.32. The maximum absolute atomic E-state index is 12.1. The Kier molecular flexibility index (Phi) is 29.8. The van der Waals surface area contributed by atoms with Gasteiger partial charge in [0.2, 0.25) is 0 Å². The van der Waals surface area contributed by atoms with Crippen molar-refractivity contribution in [2.45, 2.75) is 117 Å². The molecule has 1 aromatic carbocycles. The Labute approximate surface area is 279 Å². The minimum absolute atomic E-state index is 0.137. The molecule has 9 heteroatoms. The molecule has 1 rings (SSSR count). The maximum Gasteiger partial charge on any atom is 0.338 e. The summed E-state index contributed by atoms with van der Waals surface area (Å²) in [6.45, 7) is 9.16. The number of nitrogens with one attached hydrogen (secondary N) is 1. The Balaban J connectivity index is 1.77. The first-order valence-electron chi connectivity index (χ1n) is 18.1. The molecule has 0 aromatic heterocycles. The highest BCUT2D eigenvalue weighted by Crippen LogP contribution is 2.13. The molecule has 0 spiro atoms. The van der Waals surface area contributed by atoms with Gasteiger partial charge in [0.25, 0.3) is 0 Å². The van der Waals surface area contributed by atoms with Crippen LogP contribution >= 0.6 is 0 Å². The number of carbonyl (C=O) groups excluding carboxylic acids is 2. The van der Waals surface area contributed by atoms with E-state index in [0.717, 1.165) is 37.9 Å². The van der Waals surface area contributed by atoms with E-state index in [0.29, 0.717) is 64.8 Å². The molecule has 0 fully saturated rings. The highest BCUT2D eigenvalue weighted by atomic mass is 16.6. The summed E-state index contributed by atoms with van der Waals surface area (Å²) < 4.78 is 32.3. The molecule has 0 aliphatic heterocycles. The summed E-state index contributed by atoms with van der Waals surface area (Å²) >= 11 is 0. The summed E-state index contributed by atoms with van der Waals surface area (Å²) in [5.41, 5.74) is 1.52. The molecule has 0 saturated heterocycles. The summed E-state index contributed by atoms with van der Waals surface area (Å²) in [4.78, 5) is 24.0. The van der Waals surface area contributed by atoms with Crippen LogP contribution in [-0.4, -0.2) is 84.6 Å². The number of ether oxygens (including phenoxy) is 6. The van der Waals surface area contributed by atoms with Crippen LogP contribution in [0.25, 0.3) is 0 Å². The lowest BCUT2D eigenvalue weighted by Crippen LogP contribution is -2.15. The molecule has 266 valence electrons. The monoisotopic (exact) mass is 651 g/mol. The van der Waals surface area contributed by atoms with E-state index in [-0.39, 0.29) is 25.2 Å². The van der Waals surface area contributed by atoms with Gasteiger partial charge in [-0.15, -0.1) is 0 Å². The third-order valence-corrected chi connectivity index (χ3v) is 7.53. The third kappa shape index (κ3) is 27.0. The van der Waals surface area contributed by atoms with E-state index in [1.54, 1.807) is 12.1 Å². The molecule has 0 radical (unpaired) electrons. The molecule has 0 unspecified atom stereocenters. The quantitative estimate of drug-likeness (QED) is 0.0584. The number of hydrogen-bond donors (Lipinski definition) is 1. The highest BCUT2D eigenvalue weighted by Gasteiger charge is 2.07. The highest BCUT2D eigenvalue weighted by molar-refractivity contribution is 5.89. The number of carbonyl (C=O) groups is 2. The number of rotatable bonds is 34. The maximum atomic E-state index is 12.1. The van der Waals surface area contributed by atoms with Crippen molar-refractivity contribution in [1.29, 1.82) is 0 Å². The van der Waals surface area contributed by atoms with Crippen molar-refractivity contribution in [1.82, 2.24) is 0 Å². The molecular weight excluding hydrogens is 586 g/mol. The van der Waals surface area contributed by atoms with E-state index in [9.17, 15) is 9.59 Å². The summed E-state index contributed by atoms with van der Waals surface area (Å²) in [5.74, 6) is -0.496. The summed E-state index contributed by atoms with van der Waals surface area (Å²) in [7, 11) is 0. The van der Waals surface area contributed by atoms with Gasteiger partial charge in [-0.25, -0.2) is 4.79 Å². The van der Waals surface area contributed by atoms with Crippen LogP contribution in [-0.2, 0) is 33.2 Å². The van der Waals surface area contributed by atoms with Gasteiger partial charge in [-0.1, -0.05) is 97.3 Å². The van der Waals surface area contributed by atoms with Crippen molar-refractivity contribution in [3.8, 4) is 0 Å². The van der Waals surface area contributed by atoms with Gasteiger partial charge in [0, 0.05) is 18.7 Å². The fourth-order valence-electron chi connectivity index (χ4n) is 4.75. The van der Waals surface area contributed by atoms with Crippen LogP contribution in [0.3, 0.4) is 0 Å². The van der Waals surface area contributed by atoms with E-state index in [1.807, 2.05) is 12.1 Å². The number of hydrogen-bond acceptors (Lipinski definition) is 9. The summed E-state index contributed by atoms with van der Waals surface area (Å²) in [6, 6.07) is 7.30. The van der Waals surface area contributed by atoms with E-state index in [1.165, 1.54) is 70.6 Å². The molecular formula is C37H65NO8. The van der Waals surface area contributed by atoms with Gasteiger partial charge < -0.3 is 33.7 Å². The zero-order chi connectivity index (χ0) is 33.2. The first-order valence-corrected chi connectivity index (χ1v) is 18.1. The second kappa shape index (κ2) is 32.7. The Bertz CT molecular complexity index is 820. The van der Waals surface area contributed by atoms with Crippen molar-refractivity contribution in [3.63, 3.8) is 0 Å². The number of esters is 2. The molecule has 0 heterocycles. The van der Waals surface area contributed by atoms with Gasteiger partial charge in [0.15, 0.2) is 0 Å². The van der Waals surface area contributed by atoms with Crippen LogP contribution in [0.15, 0.2) is 24.3 Å². The van der Waals surface area contributed by atoms with Gasteiger partial charge >= 0.3 is 11.9 Å². The molecule has 0 aliphatic rings. The molecule has 0 bridgehead atoms. The van der Waals surface area contributed by atoms with Gasteiger partial charge in [-0.05, 0) is 37.1 Å². The van der Waals surface area contributed by atoms with Crippen LogP contribution in [0.4, 0.5) is 5.69 Å². The van der Waals surface area contributed by atoms with Crippen LogP contribution < -0.4 is 5.32 Å². The molecule has 0 saturated carbocycles. The first kappa shape index (κ1) is 41.8. The van der Waals surface area contributed by atoms with Crippen molar-refractivity contribution in [2.24, 2.45) is 0 Å². The van der Waals surface area contributed by atoms with E-state index < -0.39 is 0 Å². The fourth-order valence-corrected chi connectivity index (χ4v) is 4.75. The number of unbranched alkanes of at least 4 members (excludes halogenated alkanes) is 13. The minimum atomic E-state index is -0.359. The largest absolute Gasteiger partial charge is 0.463 e. The van der Waals surface area contributed by atoms with Crippen LogP contribution in [0, 0.1) is 0 Å². The molecule has 9 nitrogen and oxygen atoms in total. The topological polar surface area (TPSA) is 102 Å². The summed E-state index contributed by atoms with van der Waals surface area (Å²) in [6.07, 6.45) is 19.5. The van der Waals surface area contributed by atoms with E-state index in [4.69, 9.17) is 28.4 Å². The lowest BCUT2D eigenvalue weighted by Gasteiger charge is -2.09. The Morgan fingerprint density at radius 2 is 0.913 bits per heavy atom. The third-order valence-electron chi connectivity index (χ3n) is 7.53. The normalized spacial score (nSPS) is 11.1. The van der Waals surface area contributed by atoms with Gasteiger partial charge in [0.1, 0.15) is 13.2 Å². The minimum Gasteiger partial charge on any atom is -0.463 e. The number of anilines is 1. The number of benzene rings is 1. The van der Waals surface area contributed by atoms with E-state index in [2.05, 4.69) is 19.2 Å². The van der Waals surface area contributed by atoms with Gasteiger partial charge in [-0.2, -0.15) is 0 Å². The predicted octanol–water partition coefficient (Wildman–Crippen LogP) is 8.15. The second-order valence-electron chi connectivity index (χ2n) is 11.7. The van der Waals surface area contributed by atoms with Crippen molar-refractivity contribution < 1.29 is 38.0 Å². The van der Waals surface area contributed by atoms with Gasteiger partial charge in [-0.3, -0.25) is 4.79 Å². The van der Waals surface area contributed by atoms with Crippen LogP contribution in [0.2, 0.25) is 0 Å². The smallest absolute Gasteiger partial charge is 0.338 e. The van der Waals surface area contributed by atoms with Crippen LogP contribution in [0.1, 0.15) is 127 Å². The second-order valence-corrected chi connectivity index (χ2v) is 11.7. The molecule has 0 amide bonds. The lowest BCUT2D eigenvalue weighted by molar-refractivity contribution is -0.145. The standard InChI is InChI=1S/C37H65NO8/c1-3-5-7-8-9-10-11-12-13-14-15-16-17-18-36(39)45-32-30-43-28-26-41-24-25-42-27-29-44-31-33-46-37(40)34-19-21-35(22-20-34)38-23-6-4-2/h19-22,38H,3-18,23-33H2,1-2H3.